The number of rotatable bonds is 8. The average Bonchev–Trinajstić information content (AvgIpc) is 3.08. The van der Waals surface area contributed by atoms with Crippen molar-refractivity contribution in [3.05, 3.63) is 97.3 Å². The first kappa shape index (κ1) is 24.7. The number of hydrogen-bond donors (Lipinski definition) is 0. The van der Waals surface area contributed by atoms with Crippen molar-refractivity contribution in [1.82, 2.24) is 4.90 Å². The zero-order valence-corrected chi connectivity index (χ0v) is 21.6. The van der Waals surface area contributed by atoms with Gasteiger partial charge in [0, 0.05) is 15.6 Å². The molecule has 9 heteroatoms. The van der Waals surface area contributed by atoms with Gasteiger partial charge in [-0.2, -0.15) is 0 Å². The van der Waals surface area contributed by atoms with E-state index in [0.29, 0.717) is 33.1 Å². The molecular weight excluding hydrogens is 561 g/mol. The first-order valence-electron chi connectivity index (χ1n) is 10.2. The number of carbonyl (C=O) groups is 2. The van der Waals surface area contributed by atoms with Gasteiger partial charge in [0.1, 0.15) is 24.7 Å². The van der Waals surface area contributed by atoms with Crippen LogP contribution in [0.2, 0.25) is 10.0 Å². The van der Waals surface area contributed by atoms with E-state index in [4.69, 9.17) is 32.7 Å². The Morgan fingerprint density at radius 3 is 2.47 bits per heavy atom. The van der Waals surface area contributed by atoms with Gasteiger partial charge in [0.25, 0.3) is 11.1 Å². The van der Waals surface area contributed by atoms with E-state index in [0.717, 1.165) is 27.4 Å². The van der Waals surface area contributed by atoms with Crippen LogP contribution in [0.5, 0.6) is 11.5 Å². The predicted octanol–water partition coefficient (Wildman–Crippen LogP) is 7.45. The van der Waals surface area contributed by atoms with Crippen LogP contribution in [0.25, 0.3) is 6.08 Å². The van der Waals surface area contributed by atoms with Gasteiger partial charge < -0.3 is 9.47 Å². The Morgan fingerprint density at radius 1 is 0.971 bits per heavy atom. The van der Waals surface area contributed by atoms with E-state index in [9.17, 15) is 9.59 Å². The van der Waals surface area contributed by atoms with Gasteiger partial charge in [0.05, 0.1) is 15.9 Å². The van der Waals surface area contributed by atoms with E-state index in [1.165, 1.54) is 4.90 Å². The first-order valence-corrected chi connectivity index (χ1v) is 12.6. The number of halogens is 3. The lowest BCUT2D eigenvalue weighted by Gasteiger charge is -2.13. The van der Waals surface area contributed by atoms with Gasteiger partial charge in [0.15, 0.2) is 0 Å². The maximum absolute atomic E-state index is 12.7. The zero-order chi connectivity index (χ0) is 24.1. The summed E-state index contributed by atoms with van der Waals surface area (Å²) in [7, 11) is 0. The molecule has 5 nitrogen and oxygen atoms in total. The summed E-state index contributed by atoms with van der Waals surface area (Å²) in [6.07, 6.45) is 1.69. The maximum atomic E-state index is 12.7. The highest BCUT2D eigenvalue weighted by Gasteiger charge is 2.34. The molecule has 0 unspecified atom stereocenters. The molecule has 4 rings (SSSR count). The van der Waals surface area contributed by atoms with E-state index < -0.39 is 0 Å². The van der Waals surface area contributed by atoms with Crippen molar-refractivity contribution in [2.24, 2.45) is 0 Å². The molecule has 3 aromatic carbocycles. The third-order valence-corrected chi connectivity index (χ3v) is 7.01. The van der Waals surface area contributed by atoms with Crippen LogP contribution >= 0.6 is 50.9 Å². The summed E-state index contributed by atoms with van der Waals surface area (Å²) >= 11 is 16.5. The number of nitrogens with zero attached hydrogens (tertiary/aromatic N) is 1. The molecule has 0 spiro atoms. The van der Waals surface area contributed by atoms with E-state index in [1.807, 2.05) is 36.4 Å². The summed E-state index contributed by atoms with van der Waals surface area (Å²) in [6, 6.07) is 19.8. The van der Waals surface area contributed by atoms with Gasteiger partial charge in [-0.25, -0.2) is 0 Å². The Balaban J connectivity index is 1.36. The minimum atomic E-state index is -0.343. The number of carbonyl (C=O) groups excluding carboxylic acids is 2. The summed E-state index contributed by atoms with van der Waals surface area (Å²) in [5.74, 6) is 0.919. The van der Waals surface area contributed by atoms with E-state index in [1.54, 1.807) is 36.4 Å². The number of thioether (sulfide) groups is 1. The van der Waals surface area contributed by atoms with Crippen LogP contribution in [0.4, 0.5) is 4.79 Å². The van der Waals surface area contributed by atoms with Crippen molar-refractivity contribution < 1.29 is 19.1 Å². The van der Waals surface area contributed by atoms with Crippen LogP contribution in [0, 0.1) is 0 Å². The molecule has 0 radical (unpaired) electrons. The second-order valence-corrected chi connectivity index (χ2v) is 9.90. The molecule has 0 aliphatic carbocycles. The smallest absolute Gasteiger partial charge is 0.293 e. The second kappa shape index (κ2) is 11.3. The third-order valence-electron chi connectivity index (χ3n) is 4.87. The van der Waals surface area contributed by atoms with E-state index >= 15 is 0 Å². The van der Waals surface area contributed by atoms with Gasteiger partial charge in [-0.05, 0) is 81.8 Å². The van der Waals surface area contributed by atoms with Crippen molar-refractivity contribution in [3.8, 4) is 11.5 Å². The molecule has 0 bridgehead atoms. The number of benzene rings is 3. The molecule has 1 aliphatic heterocycles. The molecule has 174 valence electrons. The van der Waals surface area contributed by atoms with Gasteiger partial charge in [0.2, 0.25) is 0 Å². The minimum Gasteiger partial charge on any atom is -0.492 e. The Morgan fingerprint density at radius 2 is 1.74 bits per heavy atom. The predicted molar refractivity (Wildman–Crippen MR) is 140 cm³/mol. The summed E-state index contributed by atoms with van der Waals surface area (Å²) < 4.78 is 12.2. The minimum absolute atomic E-state index is 0.156. The van der Waals surface area contributed by atoms with E-state index in [-0.39, 0.29) is 24.3 Å². The summed E-state index contributed by atoms with van der Waals surface area (Å²) in [5.41, 5.74) is 1.65. The van der Waals surface area contributed by atoms with Crippen molar-refractivity contribution in [3.63, 3.8) is 0 Å². The molecule has 2 amide bonds. The lowest BCUT2D eigenvalue weighted by Crippen LogP contribution is -2.32. The largest absolute Gasteiger partial charge is 0.492 e. The standard InChI is InChI=1S/C25H18BrCl2NO4S/c26-20-13-16(5-10-22(20)33-15-17-3-1-2-4-21(17)28)14-23-24(30)29(25(31)34-23)11-12-32-19-8-6-18(27)7-9-19/h1-10,13-14H,11-12,15H2/b23-14-. The highest BCUT2D eigenvalue weighted by molar-refractivity contribution is 9.10. The van der Waals surface area contributed by atoms with Crippen LogP contribution in [0.3, 0.4) is 0 Å². The summed E-state index contributed by atoms with van der Waals surface area (Å²) in [6.45, 7) is 0.674. The Bertz CT molecular complexity index is 1250. The van der Waals surface area contributed by atoms with Crippen molar-refractivity contribution in [1.29, 1.82) is 0 Å². The fraction of sp³-hybridized carbons (Fsp3) is 0.120. The monoisotopic (exact) mass is 577 g/mol. The number of hydrogen-bond acceptors (Lipinski definition) is 5. The molecule has 0 aromatic heterocycles. The fourth-order valence-electron chi connectivity index (χ4n) is 3.12. The number of imide groups is 1. The van der Waals surface area contributed by atoms with Crippen LogP contribution in [-0.2, 0) is 11.4 Å². The molecule has 1 heterocycles. The van der Waals surface area contributed by atoms with Gasteiger partial charge >= 0.3 is 0 Å². The number of amides is 2. The molecule has 0 atom stereocenters. The Labute approximate surface area is 219 Å². The van der Waals surface area contributed by atoms with Crippen LogP contribution in [0.15, 0.2) is 76.1 Å². The van der Waals surface area contributed by atoms with Crippen molar-refractivity contribution >= 4 is 68.1 Å². The summed E-state index contributed by atoms with van der Waals surface area (Å²) in [4.78, 5) is 26.6. The SMILES string of the molecule is O=C1S/C(=C\c2ccc(OCc3ccccc3Cl)c(Br)c2)C(=O)N1CCOc1ccc(Cl)cc1. The third kappa shape index (κ3) is 6.16. The Hall–Kier alpha value is -2.45. The average molecular weight is 579 g/mol. The lowest BCUT2D eigenvalue weighted by molar-refractivity contribution is -0.123. The van der Waals surface area contributed by atoms with Crippen LogP contribution in [0.1, 0.15) is 11.1 Å². The molecule has 34 heavy (non-hydrogen) atoms. The highest BCUT2D eigenvalue weighted by Crippen LogP contribution is 2.34. The van der Waals surface area contributed by atoms with Gasteiger partial charge in [-0.15, -0.1) is 0 Å². The van der Waals surface area contributed by atoms with Crippen molar-refractivity contribution in [2.75, 3.05) is 13.2 Å². The first-order chi connectivity index (χ1) is 16.4. The summed E-state index contributed by atoms with van der Waals surface area (Å²) in [5, 5.41) is 0.925. The Kier molecular flexibility index (Phi) is 8.21. The second-order valence-electron chi connectivity index (χ2n) is 7.21. The van der Waals surface area contributed by atoms with Crippen molar-refractivity contribution in [2.45, 2.75) is 6.61 Å². The van der Waals surface area contributed by atoms with Gasteiger partial charge in [-0.1, -0.05) is 47.5 Å². The van der Waals surface area contributed by atoms with Crippen LogP contribution in [-0.4, -0.2) is 29.2 Å². The topological polar surface area (TPSA) is 55.8 Å². The van der Waals surface area contributed by atoms with E-state index in [2.05, 4.69) is 15.9 Å². The molecule has 1 saturated heterocycles. The molecule has 1 aliphatic rings. The fourth-order valence-corrected chi connectivity index (χ4v) is 4.82. The molecule has 1 fully saturated rings. The zero-order valence-electron chi connectivity index (χ0n) is 17.7. The molecule has 0 saturated carbocycles. The van der Waals surface area contributed by atoms with Crippen LogP contribution < -0.4 is 9.47 Å². The molecule has 0 N–H and O–H groups in total. The van der Waals surface area contributed by atoms with Gasteiger partial charge in [-0.3, -0.25) is 14.5 Å². The normalized spacial score (nSPS) is 14.7. The number of ether oxygens (including phenoxy) is 2. The molecular formula is C25H18BrCl2NO4S. The lowest BCUT2D eigenvalue weighted by atomic mass is 10.2. The quantitative estimate of drug-likeness (QED) is 0.260. The highest BCUT2D eigenvalue weighted by atomic mass is 79.9. The molecule has 3 aromatic rings. The maximum Gasteiger partial charge on any atom is 0.293 e.